The van der Waals surface area contributed by atoms with Crippen LogP contribution in [0.3, 0.4) is 0 Å². The molecule has 15 heavy (non-hydrogen) atoms. The van der Waals surface area contributed by atoms with Crippen LogP contribution in [0.15, 0.2) is 24.8 Å². The first kappa shape index (κ1) is 14.4. The van der Waals surface area contributed by atoms with Gasteiger partial charge in [0.1, 0.15) is 0 Å². The molecule has 0 aromatic rings. The molecule has 0 amide bonds. The summed E-state index contributed by atoms with van der Waals surface area (Å²) in [5.74, 6) is 0.805. The largest absolute Gasteiger partial charge is 0.317 e. The molecule has 88 valence electrons. The van der Waals surface area contributed by atoms with Crippen molar-refractivity contribution in [1.29, 1.82) is 0 Å². The molecule has 1 nitrogen and oxygen atoms in total. The number of hydrogen-bond acceptors (Lipinski definition) is 1. The summed E-state index contributed by atoms with van der Waals surface area (Å²) in [4.78, 5) is 0. The molecular formula is C14H27N. The lowest BCUT2D eigenvalue weighted by Gasteiger charge is -2.08. The SMILES string of the molecule is C=CCCCC=CCC(C)CCNCC. The van der Waals surface area contributed by atoms with Crippen LogP contribution in [0.4, 0.5) is 0 Å². The summed E-state index contributed by atoms with van der Waals surface area (Å²) in [5, 5.41) is 3.36. The Balaban J connectivity index is 3.27. The predicted molar refractivity (Wildman–Crippen MR) is 70.1 cm³/mol. The molecule has 1 unspecified atom stereocenters. The molecule has 0 heterocycles. The van der Waals surface area contributed by atoms with Gasteiger partial charge in [0.2, 0.25) is 0 Å². The molecule has 0 saturated carbocycles. The average molecular weight is 209 g/mol. The molecule has 0 rings (SSSR count). The van der Waals surface area contributed by atoms with Crippen molar-refractivity contribution in [3.63, 3.8) is 0 Å². The van der Waals surface area contributed by atoms with E-state index in [2.05, 4.69) is 37.9 Å². The molecule has 0 radical (unpaired) electrons. The van der Waals surface area contributed by atoms with Crippen molar-refractivity contribution in [3.05, 3.63) is 24.8 Å². The average Bonchev–Trinajstić information content (AvgIpc) is 2.23. The van der Waals surface area contributed by atoms with E-state index in [1.165, 1.54) is 25.7 Å². The van der Waals surface area contributed by atoms with Crippen molar-refractivity contribution in [3.8, 4) is 0 Å². The zero-order valence-corrected chi connectivity index (χ0v) is 10.5. The molecule has 1 N–H and O–H groups in total. The summed E-state index contributed by atoms with van der Waals surface area (Å²) >= 11 is 0. The number of rotatable bonds is 10. The third-order valence-corrected chi connectivity index (χ3v) is 2.55. The molecule has 0 bridgehead atoms. The number of allylic oxidation sites excluding steroid dienone is 3. The molecule has 1 heteroatoms. The minimum Gasteiger partial charge on any atom is -0.317 e. The molecule has 0 aliphatic carbocycles. The second-order valence-corrected chi connectivity index (χ2v) is 4.17. The third kappa shape index (κ3) is 11.4. The van der Waals surface area contributed by atoms with Crippen LogP contribution >= 0.6 is 0 Å². The highest BCUT2D eigenvalue weighted by atomic mass is 14.8. The van der Waals surface area contributed by atoms with Gasteiger partial charge >= 0.3 is 0 Å². The number of hydrogen-bond donors (Lipinski definition) is 1. The van der Waals surface area contributed by atoms with E-state index in [1.807, 2.05) is 6.08 Å². The summed E-state index contributed by atoms with van der Waals surface area (Å²) in [7, 11) is 0. The predicted octanol–water partition coefficient (Wildman–Crippen LogP) is 3.92. The minimum absolute atomic E-state index is 0.805. The van der Waals surface area contributed by atoms with Crippen LogP contribution in [-0.4, -0.2) is 13.1 Å². The number of nitrogens with one attached hydrogen (secondary N) is 1. The highest BCUT2D eigenvalue weighted by Gasteiger charge is 1.97. The first-order valence-electron chi connectivity index (χ1n) is 6.27. The normalized spacial score (nSPS) is 13.2. The topological polar surface area (TPSA) is 12.0 Å². The molecule has 0 spiro atoms. The van der Waals surface area contributed by atoms with Gasteiger partial charge in [-0.05, 0) is 51.1 Å². The Morgan fingerprint density at radius 1 is 1.27 bits per heavy atom. The van der Waals surface area contributed by atoms with Gasteiger partial charge in [0, 0.05) is 0 Å². The van der Waals surface area contributed by atoms with Crippen LogP contribution in [-0.2, 0) is 0 Å². The van der Waals surface area contributed by atoms with Crippen LogP contribution in [0.2, 0.25) is 0 Å². The summed E-state index contributed by atoms with van der Waals surface area (Å²) in [6, 6.07) is 0. The highest BCUT2D eigenvalue weighted by molar-refractivity contribution is 4.84. The van der Waals surface area contributed by atoms with Gasteiger partial charge in [0.25, 0.3) is 0 Å². The Morgan fingerprint density at radius 2 is 2.07 bits per heavy atom. The zero-order chi connectivity index (χ0) is 11.4. The van der Waals surface area contributed by atoms with E-state index in [-0.39, 0.29) is 0 Å². The molecule has 0 aliphatic heterocycles. The van der Waals surface area contributed by atoms with Crippen molar-refractivity contribution in [1.82, 2.24) is 5.32 Å². The minimum atomic E-state index is 0.805. The van der Waals surface area contributed by atoms with Gasteiger partial charge in [-0.25, -0.2) is 0 Å². The molecule has 0 fully saturated rings. The van der Waals surface area contributed by atoms with Gasteiger partial charge in [0.15, 0.2) is 0 Å². The fraction of sp³-hybridized carbons (Fsp3) is 0.714. The van der Waals surface area contributed by atoms with E-state index >= 15 is 0 Å². The second-order valence-electron chi connectivity index (χ2n) is 4.17. The lowest BCUT2D eigenvalue weighted by atomic mass is 10.0. The van der Waals surface area contributed by atoms with Crippen molar-refractivity contribution in [2.45, 2.75) is 46.0 Å². The van der Waals surface area contributed by atoms with Gasteiger partial charge in [-0.3, -0.25) is 0 Å². The van der Waals surface area contributed by atoms with E-state index < -0.39 is 0 Å². The zero-order valence-electron chi connectivity index (χ0n) is 10.5. The van der Waals surface area contributed by atoms with Crippen LogP contribution in [0, 0.1) is 5.92 Å². The summed E-state index contributed by atoms with van der Waals surface area (Å²) in [6.45, 7) is 10.4. The molecular weight excluding hydrogens is 182 g/mol. The Morgan fingerprint density at radius 3 is 2.73 bits per heavy atom. The van der Waals surface area contributed by atoms with Crippen molar-refractivity contribution < 1.29 is 0 Å². The molecule has 0 saturated heterocycles. The van der Waals surface area contributed by atoms with Gasteiger partial charge < -0.3 is 5.32 Å². The Labute approximate surface area is 95.7 Å². The molecule has 0 aliphatic rings. The van der Waals surface area contributed by atoms with Gasteiger partial charge in [-0.2, -0.15) is 0 Å². The maximum absolute atomic E-state index is 3.72. The van der Waals surface area contributed by atoms with E-state index in [9.17, 15) is 0 Å². The smallest absolute Gasteiger partial charge is 0.00464 e. The number of unbranched alkanes of at least 4 members (excludes halogenated alkanes) is 2. The van der Waals surface area contributed by atoms with Gasteiger partial charge in [0.05, 0.1) is 0 Å². The first-order chi connectivity index (χ1) is 7.31. The summed E-state index contributed by atoms with van der Waals surface area (Å²) < 4.78 is 0. The molecule has 0 aromatic heterocycles. The van der Waals surface area contributed by atoms with E-state index in [0.29, 0.717) is 0 Å². The Bertz CT molecular complexity index is 161. The van der Waals surface area contributed by atoms with Crippen LogP contribution in [0.5, 0.6) is 0 Å². The highest BCUT2D eigenvalue weighted by Crippen LogP contribution is 2.08. The molecule has 0 aromatic carbocycles. The van der Waals surface area contributed by atoms with Crippen LogP contribution in [0.25, 0.3) is 0 Å². The lowest BCUT2D eigenvalue weighted by molar-refractivity contribution is 0.511. The van der Waals surface area contributed by atoms with Crippen molar-refractivity contribution >= 4 is 0 Å². The summed E-state index contributed by atoms with van der Waals surface area (Å²) in [5.41, 5.74) is 0. The fourth-order valence-electron chi connectivity index (χ4n) is 1.47. The maximum atomic E-state index is 3.72. The summed E-state index contributed by atoms with van der Waals surface area (Å²) in [6.07, 6.45) is 12.7. The maximum Gasteiger partial charge on any atom is -0.00464 e. The quantitative estimate of drug-likeness (QED) is 0.425. The van der Waals surface area contributed by atoms with E-state index in [4.69, 9.17) is 0 Å². The lowest BCUT2D eigenvalue weighted by Crippen LogP contribution is -2.16. The van der Waals surface area contributed by atoms with Crippen LogP contribution < -0.4 is 5.32 Å². The Hall–Kier alpha value is -0.560. The standard InChI is InChI=1S/C14H27N/c1-4-6-7-8-9-10-11-14(3)12-13-15-5-2/h4,9-10,14-15H,1,5-8,11-13H2,2-3H3. The van der Waals surface area contributed by atoms with E-state index in [0.717, 1.165) is 25.4 Å². The van der Waals surface area contributed by atoms with Crippen LogP contribution in [0.1, 0.15) is 46.0 Å². The van der Waals surface area contributed by atoms with Crippen molar-refractivity contribution in [2.24, 2.45) is 5.92 Å². The first-order valence-corrected chi connectivity index (χ1v) is 6.27. The monoisotopic (exact) mass is 209 g/mol. The van der Waals surface area contributed by atoms with Crippen molar-refractivity contribution in [2.75, 3.05) is 13.1 Å². The third-order valence-electron chi connectivity index (χ3n) is 2.55. The second kappa shape index (κ2) is 11.5. The van der Waals surface area contributed by atoms with Gasteiger partial charge in [-0.15, -0.1) is 6.58 Å². The van der Waals surface area contributed by atoms with Gasteiger partial charge in [-0.1, -0.05) is 32.1 Å². The van der Waals surface area contributed by atoms with E-state index in [1.54, 1.807) is 0 Å². The Kier molecular flexibility index (Phi) is 11.1. The molecule has 1 atom stereocenters. The fourth-order valence-corrected chi connectivity index (χ4v) is 1.47.